The molecule has 0 fully saturated rings. The van der Waals surface area contributed by atoms with Crippen molar-refractivity contribution in [2.75, 3.05) is 17.2 Å². The van der Waals surface area contributed by atoms with Gasteiger partial charge in [0, 0.05) is 24.0 Å². The smallest absolute Gasteiger partial charge is 0.336 e. The number of rotatable bonds is 5. The second-order valence-electron chi connectivity index (χ2n) is 7.92. The normalized spacial score (nSPS) is 13.5. The first-order chi connectivity index (χ1) is 17.6. The van der Waals surface area contributed by atoms with Crippen molar-refractivity contribution in [2.24, 2.45) is 0 Å². The van der Waals surface area contributed by atoms with Gasteiger partial charge in [-0.05, 0) is 43.3 Å². The first-order valence-electron chi connectivity index (χ1n) is 10.3. The van der Waals surface area contributed by atoms with Gasteiger partial charge in [-0.15, -0.1) is 0 Å². The molecule has 0 radical (unpaired) electrons. The number of hydrogen-bond donors (Lipinski definition) is 4. The molecule has 0 aliphatic heterocycles. The molecule has 1 atom stereocenters. The average molecular weight is 584 g/mol. The molecule has 2 aromatic carbocycles. The van der Waals surface area contributed by atoms with Gasteiger partial charge in [-0.3, -0.25) is 0 Å². The standard InChI is InChI=1S/C21H16F12N4O2/c1-9(35-17(39)37-15-6-12(20(28,29)30)3-13(7-15)21(31,32)33)8-34-16(38)36-14-4-10(18(22,23)24)2-11(5-14)19(25,26)27/h2-7,9H,8H2,1H3,(H2,34,36,38)(H2,35,37,39). The number of urea groups is 2. The maximum Gasteiger partial charge on any atom is 0.416 e. The van der Waals surface area contributed by atoms with Crippen LogP contribution in [-0.2, 0) is 24.7 Å². The van der Waals surface area contributed by atoms with Crippen LogP contribution < -0.4 is 21.3 Å². The Hall–Kier alpha value is -3.86. The maximum atomic E-state index is 12.9. The Morgan fingerprint density at radius 2 is 0.897 bits per heavy atom. The Morgan fingerprint density at radius 1 is 0.590 bits per heavy atom. The van der Waals surface area contributed by atoms with Crippen molar-refractivity contribution >= 4 is 23.4 Å². The summed E-state index contributed by atoms with van der Waals surface area (Å²) in [4.78, 5) is 24.0. The fourth-order valence-electron chi connectivity index (χ4n) is 2.92. The van der Waals surface area contributed by atoms with Crippen molar-refractivity contribution in [3.63, 3.8) is 0 Å². The maximum absolute atomic E-state index is 12.9. The van der Waals surface area contributed by atoms with Gasteiger partial charge in [0.1, 0.15) is 0 Å². The molecular weight excluding hydrogens is 568 g/mol. The summed E-state index contributed by atoms with van der Waals surface area (Å²) in [6.45, 7) is 0.694. The van der Waals surface area contributed by atoms with Crippen LogP contribution in [0.2, 0.25) is 0 Å². The third-order valence-corrected chi connectivity index (χ3v) is 4.64. The Kier molecular flexibility index (Phi) is 8.92. The number of alkyl halides is 12. The lowest BCUT2D eigenvalue weighted by atomic mass is 10.1. The molecule has 0 saturated heterocycles. The molecule has 0 aliphatic rings. The van der Waals surface area contributed by atoms with Crippen LogP contribution in [0.4, 0.5) is 73.6 Å². The van der Waals surface area contributed by atoms with Crippen LogP contribution in [-0.4, -0.2) is 24.6 Å². The molecule has 6 nitrogen and oxygen atoms in total. The van der Waals surface area contributed by atoms with Crippen LogP contribution in [0.1, 0.15) is 29.2 Å². The van der Waals surface area contributed by atoms with E-state index in [-0.39, 0.29) is 36.4 Å². The van der Waals surface area contributed by atoms with Gasteiger partial charge in [0.25, 0.3) is 0 Å². The van der Waals surface area contributed by atoms with E-state index in [2.05, 4.69) is 5.32 Å². The van der Waals surface area contributed by atoms with Gasteiger partial charge in [0.05, 0.1) is 22.3 Å². The Morgan fingerprint density at radius 3 is 1.21 bits per heavy atom. The Labute approximate surface area is 210 Å². The van der Waals surface area contributed by atoms with Crippen LogP contribution in [0.5, 0.6) is 0 Å². The highest BCUT2D eigenvalue weighted by atomic mass is 19.4. The topological polar surface area (TPSA) is 82.3 Å². The number of benzene rings is 2. The van der Waals surface area contributed by atoms with Gasteiger partial charge in [0.2, 0.25) is 0 Å². The monoisotopic (exact) mass is 584 g/mol. The van der Waals surface area contributed by atoms with Gasteiger partial charge < -0.3 is 21.3 Å². The minimum absolute atomic E-state index is 0.156. The lowest BCUT2D eigenvalue weighted by Crippen LogP contribution is -2.44. The van der Waals surface area contributed by atoms with Gasteiger partial charge >= 0.3 is 36.8 Å². The molecule has 0 spiro atoms. The van der Waals surface area contributed by atoms with E-state index in [9.17, 15) is 62.3 Å². The number of amides is 4. The molecule has 0 bridgehead atoms. The molecule has 0 heterocycles. The van der Waals surface area contributed by atoms with E-state index in [4.69, 9.17) is 0 Å². The lowest BCUT2D eigenvalue weighted by molar-refractivity contribution is -0.144. The lowest BCUT2D eigenvalue weighted by Gasteiger charge is -2.18. The summed E-state index contributed by atoms with van der Waals surface area (Å²) in [7, 11) is 0. The summed E-state index contributed by atoms with van der Waals surface area (Å²) in [5, 5.41) is 7.63. The molecule has 4 N–H and O–H groups in total. The third-order valence-electron chi connectivity index (χ3n) is 4.64. The highest BCUT2D eigenvalue weighted by Crippen LogP contribution is 2.38. The molecule has 0 saturated carbocycles. The molecule has 0 aromatic heterocycles. The molecule has 216 valence electrons. The van der Waals surface area contributed by atoms with E-state index in [1.807, 2.05) is 5.32 Å². The van der Waals surface area contributed by atoms with E-state index in [1.165, 1.54) is 6.92 Å². The van der Waals surface area contributed by atoms with Crippen molar-refractivity contribution < 1.29 is 62.3 Å². The van der Waals surface area contributed by atoms with Gasteiger partial charge in [0.15, 0.2) is 0 Å². The van der Waals surface area contributed by atoms with Crippen LogP contribution in [0.3, 0.4) is 0 Å². The van der Waals surface area contributed by atoms with Crippen molar-refractivity contribution in [3.05, 3.63) is 58.7 Å². The summed E-state index contributed by atoms with van der Waals surface area (Å²) in [5.74, 6) is 0. The average Bonchev–Trinajstić information content (AvgIpc) is 2.74. The highest BCUT2D eigenvalue weighted by Gasteiger charge is 2.38. The molecule has 0 aliphatic carbocycles. The SMILES string of the molecule is CC(CNC(=O)Nc1cc(C(F)(F)F)cc(C(F)(F)F)c1)NC(=O)Nc1cc(C(F)(F)F)cc(C(F)(F)F)c1. The zero-order valence-corrected chi connectivity index (χ0v) is 19.1. The number of hydrogen-bond acceptors (Lipinski definition) is 2. The van der Waals surface area contributed by atoms with E-state index in [0.29, 0.717) is 0 Å². The predicted molar refractivity (Wildman–Crippen MR) is 112 cm³/mol. The van der Waals surface area contributed by atoms with E-state index in [0.717, 1.165) is 0 Å². The molecular formula is C21H16F12N4O2. The van der Waals surface area contributed by atoms with Gasteiger partial charge in [-0.25, -0.2) is 9.59 Å². The summed E-state index contributed by atoms with van der Waals surface area (Å²) in [5.41, 5.74) is -8.50. The molecule has 1 unspecified atom stereocenters. The van der Waals surface area contributed by atoms with E-state index < -0.39 is 83.0 Å². The largest absolute Gasteiger partial charge is 0.416 e. The Balaban J connectivity index is 2.03. The van der Waals surface area contributed by atoms with Crippen LogP contribution in [0.25, 0.3) is 0 Å². The fraction of sp³-hybridized carbons (Fsp3) is 0.333. The molecule has 18 heteroatoms. The number of carbonyl (C=O) groups is 2. The van der Waals surface area contributed by atoms with E-state index >= 15 is 0 Å². The summed E-state index contributed by atoms with van der Waals surface area (Å²) in [6.07, 6.45) is -20.7. The number of halogens is 12. The summed E-state index contributed by atoms with van der Waals surface area (Å²) in [6, 6.07) is -2.98. The number of carbonyl (C=O) groups excluding carboxylic acids is 2. The first-order valence-corrected chi connectivity index (χ1v) is 10.3. The van der Waals surface area contributed by atoms with Crippen molar-refractivity contribution in [3.8, 4) is 0 Å². The summed E-state index contributed by atoms with van der Waals surface area (Å²) < 4.78 is 155. The van der Waals surface area contributed by atoms with Gasteiger partial charge in [-0.2, -0.15) is 52.7 Å². The van der Waals surface area contributed by atoms with Crippen LogP contribution >= 0.6 is 0 Å². The zero-order valence-electron chi connectivity index (χ0n) is 19.1. The third kappa shape index (κ3) is 9.43. The summed E-state index contributed by atoms with van der Waals surface area (Å²) >= 11 is 0. The molecule has 2 rings (SSSR count). The minimum Gasteiger partial charge on any atom is -0.336 e. The fourth-order valence-corrected chi connectivity index (χ4v) is 2.92. The highest BCUT2D eigenvalue weighted by molar-refractivity contribution is 5.90. The zero-order chi connectivity index (χ0) is 30.0. The molecule has 2 aromatic rings. The molecule has 39 heavy (non-hydrogen) atoms. The quantitative estimate of drug-likeness (QED) is 0.283. The first kappa shape index (κ1) is 31.4. The Bertz CT molecular complexity index is 1140. The minimum atomic E-state index is -5.17. The van der Waals surface area contributed by atoms with Crippen LogP contribution in [0, 0.1) is 0 Å². The molecule has 4 amide bonds. The van der Waals surface area contributed by atoms with Crippen molar-refractivity contribution in [2.45, 2.75) is 37.7 Å². The van der Waals surface area contributed by atoms with Crippen molar-refractivity contribution in [1.29, 1.82) is 0 Å². The predicted octanol–water partition coefficient (Wildman–Crippen LogP) is 7.09. The number of anilines is 2. The van der Waals surface area contributed by atoms with Crippen molar-refractivity contribution in [1.82, 2.24) is 10.6 Å². The number of nitrogens with one attached hydrogen (secondary N) is 4. The van der Waals surface area contributed by atoms with E-state index in [1.54, 1.807) is 10.6 Å². The van der Waals surface area contributed by atoms with Gasteiger partial charge in [-0.1, -0.05) is 0 Å². The second-order valence-corrected chi connectivity index (χ2v) is 7.92. The second kappa shape index (κ2) is 11.1. The van der Waals surface area contributed by atoms with Crippen LogP contribution in [0.15, 0.2) is 36.4 Å².